The monoisotopic (exact) mass is 368 g/mol. The van der Waals surface area contributed by atoms with E-state index in [4.69, 9.17) is 11.6 Å². The van der Waals surface area contributed by atoms with E-state index in [1.807, 2.05) is 22.6 Å². The summed E-state index contributed by atoms with van der Waals surface area (Å²) in [5.41, 5.74) is 0.844. The number of nitrogens with one attached hydrogen (secondary N) is 1. The van der Waals surface area contributed by atoms with Crippen molar-refractivity contribution in [3.8, 4) is 11.1 Å². The molecule has 6 heteroatoms. The molecule has 1 aromatic heterocycles. The Morgan fingerprint density at radius 3 is 2.71 bits per heavy atom. The minimum absolute atomic E-state index is 0.191. The first-order valence-corrected chi connectivity index (χ1v) is 6.23. The highest BCUT2D eigenvalue weighted by Crippen LogP contribution is 2.37. The second-order valence-corrected chi connectivity index (χ2v) is 5.12. The zero-order valence-corrected chi connectivity index (χ0v) is 11.7. The van der Waals surface area contributed by atoms with Crippen LogP contribution in [-0.4, -0.2) is 10.2 Å². The average Bonchev–Trinajstić information content (AvgIpc) is 2.59. The summed E-state index contributed by atoms with van der Waals surface area (Å²) < 4.78 is 27.3. The number of benzene rings is 1. The van der Waals surface area contributed by atoms with Gasteiger partial charge in [0.15, 0.2) is 0 Å². The van der Waals surface area contributed by atoms with E-state index in [-0.39, 0.29) is 5.69 Å². The first-order valence-electron chi connectivity index (χ1n) is 4.77. The number of aromatic amines is 1. The van der Waals surface area contributed by atoms with Crippen LogP contribution < -0.4 is 0 Å². The van der Waals surface area contributed by atoms with Gasteiger partial charge in [0.25, 0.3) is 5.92 Å². The molecule has 0 saturated carbocycles. The van der Waals surface area contributed by atoms with Crippen molar-refractivity contribution in [1.29, 1.82) is 0 Å². The van der Waals surface area contributed by atoms with Gasteiger partial charge in [-0.15, -0.1) is 0 Å². The molecule has 1 N–H and O–H groups in total. The Morgan fingerprint density at radius 2 is 2.12 bits per heavy atom. The van der Waals surface area contributed by atoms with E-state index in [1.165, 1.54) is 0 Å². The summed E-state index contributed by atoms with van der Waals surface area (Å²) in [4.78, 5) is 0. The number of aromatic nitrogens is 2. The molecule has 0 aliphatic heterocycles. The van der Waals surface area contributed by atoms with Gasteiger partial charge in [-0.2, -0.15) is 13.9 Å². The zero-order chi connectivity index (χ0) is 12.6. The molecule has 0 saturated heterocycles. The fourth-order valence-electron chi connectivity index (χ4n) is 1.55. The second-order valence-electron chi connectivity index (χ2n) is 3.66. The highest BCUT2D eigenvalue weighted by molar-refractivity contribution is 14.1. The lowest BCUT2D eigenvalue weighted by Gasteiger charge is -2.11. The van der Waals surface area contributed by atoms with Gasteiger partial charge in [-0.05, 0) is 40.3 Å². The van der Waals surface area contributed by atoms with Crippen LogP contribution in [0.15, 0.2) is 24.3 Å². The van der Waals surface area contributed by atoms with Gasteiger partial charge in [0, 0.05) is 17.5 Å². The van der Waals surface area contributed by atoms with Crippen molar-refractivity contribution in [3.05, 3.63) is 38.7 Å². The fourth-order valence-corrected chi connectivity index (χ4v) is 2.44. The number of alkyl halides is 2. The van der Waals surface area contributed by atoms with Gasteiger partial charge in [0.2, 0.25) is 0 Å². The van der Waals surface area contributed by atoms with Gasteiger partial charge in [-0.1, -0.05) is 23.7 Å². The lowest BCUT2D eigenvalue weighted by Crippen LogP contribution is -2.09. The Labute approximate surface area is 116 Å². The summed E-state index contributed by atoms with van der Waals surface area (Å²) in [5, 5.41) is 6.71. The van der Waals surface area contributed by atoms with E-state index in [0.29, 0.717) is 19.9 Å². The van der Waals surface area contributed by atoms with Crippen molar-refractivity contribution >= 4 is 34.2 Å². The van der Waals surface area contributed by atoms with Crippen LogP contribution in [0.4, 0.5) is 8.78 Å². The molecule has 1 aromatic carbocycles. The zero-order valence-electron chi connectivity index (χ0n) is 8.77. The van der Waals surface area contributed by atoms with E-state index in [9.17, 15) is 8.78 Å². The van der Waals surface area contributed by atoms with E-state index in [1.54, 1.807) is 24.3 Å². The Morgan fingerprint density at radius 1 is 1.41 bits per heavy atom. The molecular formula is C11H8ClF2IN2. The summed E-state index contributed by atoms with van der Waals surface area (Å²) in [6.45, 7) is 0.838. The Balaban J connectivity index is 2.63. The van der Waals surface area contributed by atoms with E-state index >= 15 is 0 Å². The topological polar surface area (TPSA) is 28.7 Å². The molecule has 0 atom stereocenters. The minimum Gasteiger partial charge on any atom is -0.275 e. The van der Waals surface area contributed by atoms with Crippen LogP contribution in [0.2, 0.25) is 5.02 Å². The third kappa shape index (κ3) is 2.60. The van der Waals surface area contributed by atoms with Gasteiger partial charge in [0.05, 0.1) is 0 Å². The predicted octanol–water partition coefficient (Wildman–Crippen LogP) is 4.45. The van der Waals surface area contributed by atoms with Crippen LogP contribution in [0, 0.1) is 3.70 Å². The molecule has 0 aliphatic rings. The molecule has 0 bridgehead atoms. The molecular weight excluding hydrogens is 360 g/mol. The maximum Gasteiger partial charge on any atom is 0.287 e. The lowest BCUT2D eigenvalue weighted by atomic mass is 10.0. The number of hydrogen-bond donors (Lipinski definition) is 1. The Kier molecular flexibility index (Phi) is 3.40. The van der Waals surface area contributed by atoms with E-state index in [2.05, 4.69) is 10.2 Å². The van der Waals surface area contributed by atoms with Crippen molar-refractivity contribution < 1.29 is 8.78 Å². The fraction of sp³-hybridized carbons (Fsp3) is 0.182. The number of H-pyrrole nitrogens is 1. The van der Waals surface area contributed by atoms with Crippen LogP contribution >= 0.6 is 34.2 Å². The number of hydrogen-bond acceptors (Lipinski definition) is 1. The molecule has 90 valence electrons. The quantitative estimate of drug-likeness (QED) is 0.780. The molecule has 1 heterocycles. The van der Waals surface area contributed by atoms with Crippen LogP contribution in [0.3, 0.4) is 0 Å². The van der Waals surface area contributed by atoms with Gasteiger partial charge in [-0.3, -0.25) is 5.10 Å². The Hall–Kier alpha value is -0.690. The maximum atomic E-state index is 13.4. The third-order valence-corrected chi connectivity index (χ3v) is 3.29. The van der Waals surface area contributed by atoms with Crippen molar-refractivity contribution in [2.45, 2.75) is 12.8 Å². The molecule has 0 aliphatic carbocycles. The molecule has 2 aromatic rings. The maximum absolute atomic E-state index is 13.4. The summed E-state index contributed by atoms with van der Waals surface area (Å²) in [7, 11) is 0. The molecule has 0 radical (unpaired) electrons. The first kappa shape index (κ1) is 12.8. The SMILES string of the molecule is CC(F)(F)c1[nH]nc(I)c1-c1cccc(Cl)c1. The number of nitrogens with zero attached hydrogens (tertiary/aromatic N) is 1. The number of halogens is 4. The van der Waals surface area contributed by atoms with Crippen molar-refractivity contribution in [2.24, 2.45) is 0 Å². The molecule has 17 heavy (non-hydrogen) atoms. The van der Waals surface area contributed by atoms with Crippen molar-refractivity contribution in [1.82, 2.24) is 10.2 Å². The lowest BCUT2D eigenvalue weighted by molar-refractivity contribution is 0.0133. The van der Waals surface area contributed by atoms with Crippen LogP contribution in [0.5, 0.6) is 0 Å². The molecule has 0 spiro atoms. The number of rotatable bonds is 2. The summed E-state index contributed by atoms with van der Waals surface area (Å²) >= 11 is 7.78. The molecule has 0 unspecified atom stereocenters. The Bertz CT molecular complexity index is 549. The van der Waals surface area contributed by atoms with Crippen LogP contribution in [-0.2, 0) is 5.92 Å². The minimum atomic E-state index is -2.96. The first-order chi connectivity index (χ1) is 7.89. The van der Waals surface area contributed by atoms with Gasteiger partial charge >= 0.3 is 0 Å². The van der Waals surface area contributed by atoms with E-state index in [0.717, 1.165) is 6.92 Å². The van der Waals surface area contributed by atoms with Crippen LogP contribution in [0.25, 0.3) is 11.1 Å². The predicted molar refractivity (Wildman–Crippen MR) is 71.3 cm³/mol. The van der Waals surface area contributed by atoms with E-state index < -0.39 is 5.92 Å². The second kappa shape index (κ2) is 4.53. The third-order valence-electron chi connectivity index (χ3n) is 2.27. The normalized spacial score (nSPS) is 11.8. The summed E-state index contributed by atoms with van der Waals surface area (Å²) in [6.07, 6.45) is 0. The summed E-state index contributed by atoms with van der Waals surface area (Å²) in [5.74, 6) is -2.96. The standard InChI is InChI=1S/C11H8ClF2IN2/c1-11(13,14)9-8(10(15)17-16-9)6-3-2-4-7(12)5-6/h2-5H,1H3,(H,16,17). The highest BCUT2D eigenvalue weighted by Gasteiger charge is 2.32. The van der Waals surface area contributed by atoms with Crippen LogP contribution in [0.1, 0.15) is 12.6 Å². The molecule has 2 nitrogen and oxygen atoms in total. The average molecular weight is 369 g/mol. The summed E-state index contributed by atoms with van der Waals surface area (Å²) in [6, 6.07) is 6.79. The van der Waals surface area contributed by atoms with Gasteiger partial charge in [0.1, 0.15) is 9.39 Å². The van der Waals surface area contributed by atoms with Crippen molar-refractivity contribution in [2.75, 3.05) is 0 Å². The molecule has 0 fully saturated rings. The highest BCUT2D eigenvalue weighted by atomic mass is 127. The largest absolute Gasteiger partial charge is 0.287 e. The smallest absolute Gasteiger partial charge is 0.275 e. The van der Waals surface area contributed by atoms with Crippen molar-refractivity contribution in [3.63, 3.8) is 0 Å². The molecule has 0 amide bonds. The van der Waals surface area contributed by atoms with Gasteiger partial charge in [-0.25, -0.2) is 0 Å². The van der Waals surface area contributed by atoms with Gasteiger partial charge < -0.3 is 0 Å². The molecule has 2 rings (SSSR count).